The van der Waals surface area contributed by atoms with Gasteiger partial charge in [0.05, 0.1) is 24.5 Å². The Labute approximate surface area is 365 Å². The maximum Gasteiger partial charge on any atom is 0.407 e. The zero-order valence-electron chi connectivity index (χ0n) is 35.2. The molecule has 1 aromatic carbocycles. The van der Waals surface area contributed by atoms with Crippen LogP contribution in [0.4, 0.5) is 9.59 Å². The number of nitrogens with zero attached hydrogens (tertiary/aromatic N) is 2. The van der Waals surface area contributed by atoms with Crippen LogP contribution in [0.15, 0.2) is 41.8 Å². The molecule has 0 unspecified atom stereocenters. The summed E-state index contributed by atoms with van der Waals surface area (Å²) in [6.45, 7) is 5.48. The van der Waals surface area contributed by atoms with E-state index in [1.807, 2.05) is 18.2 Å². The van der Waals surface area contributed by atoms with E-state index in [4.69, 9.17) is 14.2 Å². The Kier molecular flexibility index (Phi) is 14.8. The second-order valence-corrected chi connectivity index (χ2v) is 20.0. The summed E-state index contributed by atoms with van der Waals surface area (Å²) in [4.78, 5) is 84.8. The van der Waals surface area contributed by atoms with Crippen LogP contribution in [-0.4, -0.2) is 114 Å². The molecular weight excluding hydrogens is 845 g/mol. The number of hydrogen-bond acceptors (Lipinski definition) is 13. The van der Waals surface area contributed by atoms with Crippen LogP contribution in [0, 0.1) is 5.92 Å². The molecule has 20 heteroatoms. The second-order valence-electron chi connectivity index (χ2n) is 17.2. The number of rotatable bonds is 14. The van der Waals surface area contributed by atoms with Gasteiger partial charge in [-0.25, -0.2) is 27.8 Å². The van der Waals surface area contributed by atoms with Crippen LogP contribution < -0.4 is 25.4 Å². The number of ether oxygens (including phenoxy) is 3. The molecule has 5 atom stereocenters. The number of sulfonamides is 1. The van der Waals surface area contributed by atoms with E-state index in [0.29, 0.717) is 68.7 Å². The SMILES string of the molecule is CC(C)(C)OC(=O)N[C@@H]1C[C@H]2C(=O)N[C@]3(C(=O)NS(=O)(=O)C4CC4)C[C@H]3C=CCCCCC[C@H](NC(=O)OCCCCCOc3cccc(-c4nc(C(=O)O)cs4)c3)C(=O)N2C1. The number of thiazole rings is 1. The van der Waals surface area contributed by atoms with Crippen molar-refractivity contribution in [2.75, 3.05) is 19.8 Å². The molecule has 6 rings (SSSR count). The third kappa shape index (κ3) is 12.4. The standard InChI is InChI=1S/C42H56N6O12S2/c1-41(2,3)60-40(55)43-28-22-33-34(49)46-42(38(53)47-62(56,57)30-17-18-30)23-27(42)14-8-5-4-6-9-16-31(36(50)48(33)24-28)45-39(54)59-20-11-7-10-19-58-29-15-12-13-26(21-29)35-44-32(25-61-35)37(51)52/h8,12-15,21,25,27-28,30-31,33H,4-7,9-11,16-20,22-24H2,1-3H3,(H,43,55)(H,45,54)(H,46,49)(H,47,53)(H,51,52)/t27-,28-,31+,33+,42-/m1/s1. The quantitative estimate of drug-likeness (QED) is 0.128. The van der Waals surface area contributed by atoms with E-state index >= 15 is 0 Å². The van der Waals surface area contributed by atoms with Gasteiger partial charge in [-0.15, -0.1) is 11.3 Å². The zero-order chi connectivity index (χ0) is 44.7. The maximum atomic E-state index is 14.4. The molecule has 5 N–H and O–H groups in total. The van der Waals surface area contributed by atoms with Crippen LogP contribution >= 0.6 is 11.3 Å². The highest BCUT2D eigenvalue weighted by molar-refractivity contribution is 7.91. The van der Waals surface area contributed by atoms with Gasteiger partial charge in [0.2, 0.25) is 21.8 Å². The van der Waals surface area contributed by atoms with Gasteiger partial charge >= 0.3 is 18.2 Å². The van der Waals surface area contributed by atoms with Gasteiger partial charge < -0.3 is 40.2 Å². The Hall–Kier alpha value is -5.24. The molecule has 2 saturated carbocycles. The number of alkyl carbamates (subject to hydrolysis) is 2. The van der Waals surface area contributed by atoms with Crippen molar-refractivity contribution in [1.82, 2.24) is 30.6 Å². The van der Waals surface area contributed by atoms with Crippen molar-refractivity contribution in [3.8, 4) is 16.3 Å². The molecule has 1 saturated heterocycles. The molecule has 3 fully saturated rings. The lowest BCUT2D eigenvalue weighted by Gasteiger charge is -2.30. The first kappa shape index (κ1) is 46.3. The lowest BCUT2D eigenvalue weighted by molar-refractivity contribution is -0.141. The number of carboxylic acid groups (broad SMARTS) is 1. The first-order chi connectivity index (χ1) is 29.4. The summed E-state index contributed by atoms with van der Waals surface area (Å²) in [5.74, 6) is -3.04. The average Bonchev–Trinajstić information content (AvgIpc) is 4.08. The largest absolute Gasteiger partial charge is 0.494 e. The summed E-state index contributed by atoms with van der Waals surface area (Å²) in [6.07, 6.45) is 8.01. The summed E-state index contributed by atoms with van der Waals surface area (Å²) in [7, 11) is -3.92. The van der Waals surface area contributed by atoms with Crippen LogP contribution in [0.1, 0.15) is 108 Å². The first-order valence-electron chi connectivity index (χ1n) is 21.1. The van der Waals surface area contributed by atoms with E-state index in [1.54, 1.807) is 39.0 Å². The van der Waals surface area contributed by atoms with E-state index in [0.717, 1.165) is 12.0 Å². The Bertz CT molecular complexity index is 2130. The fourth-order valence-electron chi connectivity index (χ4n) is 7.52. The van der Waals surface area contributed by atoms with Crippen LogP contribution in [-0.2, 0) is 33.9 Å². The topological polar surface area (TPSA) is 249 Å². The monoisotopic (exact) mass is 900 g/mol. The minimum absolute atomic E-state index is 0.0175. The molecule has 3 heterocycles. The van der Waals surface area contributed by atoms with Gasteiger partial charge in [-0.3, -0.25) is 19.1 Å². The Balaban J connectivity index is 1.06. The Morgan fingerprint density at radius 2 is 1.79 bits per heavy atom. The molecule has 0 spiro atoms. The molecule has 1 aromatic heterocycles. The molecule has 62 heavy (non-hydrogen) atoms. The number of unbranched alkanes of at least 4 members (excludes halogenated alkanes) is 2. The maximum absolute atomic E-state index is 14.4. The highest BCUT2D eigenvalue weighted by Crippen LogP contribution is 2.46. The van der Waals surface area contributed by atoms with E-state index in [1.165, 1.54) is 21.6 Å². The van der Waals surface area contributed by atoms with Gasteiger partial charge in [0.1, 0.15) is 34.0 Å². The van der Waals surface area contributed by atoms with E-state index in [9.17, 15) is 42.3 Å². The number of allylic oxidation sites excluding steroid dienone is 1. The number of fused-ring (bicyclic) bond motifs is 2. The van der Waals surface area contributed by atoms with Crippen molar-refractivity contribution < 1.29 is 56.5 Å². The van der Waals surface area contributed by atoms with Crippen molar-refractivity contribution in [3.63, 3.8) is 0 Å². The van der Waals surface area contributed by atoms with Crippen molar-refractivity contribution in [2.45, 2.75) is 132 Å². The molecule has 18 nitrogen and oxygen atoms in total. The number of carboxylic acids is 1. The van der Waals surface area contributed by atoms with Crippen molar-refractivity contribution in [3.05, 3.63) is 47.5 Å². The molecule has 0 bridgehead atoms. The fraction of sp³-hybridized carbons (Fsp3) is 0.595. The van der Waals surface area contributed by atoms with Gasteiger partial charge in [0.15, 0.2) is 5.69 Å². The van der Waals surface area contributed by atoms with E-state index in [-0.39, 0.29) is 38.1 Å². The van der Waals surface area contributed by atoms with Crippen LogP contribution in [0.5, 0.6) is 5.75 Å². The van der Waals surface area contributed by atoms with Crippen molar-refractivity contribution in [1.29, 1.82) is 0 Å². The summed E-state index contributed by atoms with van der Waals surface area (Å²) in [6, 6.07) is 4.25. The third-order valence-electron chi connectivity index (χ3n) is 11.0. The number of carbonyl (C=O) groups is 6. The van der Waals surface area contributed by atoms with Crippen LogP contribution in [0.25, 0.3) is 10.6 Å². The number of nitrogens with one attached hydrogen (secondary N) is 4. The summed E-state index contributed by atoms with van der Waals surface area (Å²) >= 11 is 1.23. The number of aromatic carboxylic acids is 1. The summed E-state index contributed by atoms with van der Waals surface area (Å²) in [5.41, 5.74) is -1.63. The average molecular weight is 901 g/mol. The number of aromatic nitrogens is 1. The molecule has 338 valence electrons. The van der Waals surface area contributed by atoms with Gasteiger partial charge in [0.25, 0.3) is 5.91 Å². The number of amides is 5. The number of carbonyl (C=O) groups excluding carboxylic acids is 5. The first-order valence-corrected chi connectivity index (χ1v) is 23.6. The lowest BCUT2D eigenvalue weighted by atomic mass is 10.0. The molecule has 2 aliphatic carbocycles. The molecule has 2 aliphatic heterocycles. The predicted octanol–water partition coefficient (Wildman–Crippen LogP) is 4.65. The minimum atomic E-state index is -3.92. The molecule has 0 radical (unpaired) electrons. The van der Waals surface area contributed by atoms with Gasteiger partial charge in [-0.05, 0) is 97.1 Å². The normalized spacial score (nSPS) is 24.3. The Morgan fingerprint density at radius 1 is 1.02 bits per heavy atom. The summed E-state index contributed by atoms with van der Waals surface area (Å²) in [5, 5.41) is 18.8. The van der Waals surface area contributed by atoms with Crippen LogP contribution in [0.2, 0.25) is 0 Å². The zero-order valence-corrected chi connectivity index (χ0v) is 36.8. The highest BCUT2D eigenvalue weighted by atomic mass is 32.2. The third-order valence-corrected chi connectivity index (χ3v) is 13.7. The molecule has 2 aromatic rings. The smallest absolute Gasteiger partial charge is 0.407 e. The highest BCUT2D eigenvalue weighted by Gasteiger charge is 2.62. The summed E-state index contributed by atoms with van der Waals surface area (Å²) < 4.78 is 44.5. The lowest BCUT2D eigenvalue weighted by Crippen LogP contribution is -2.58. The Morgan fingerprint density at radius 3 is 2.52 bits per heavy atom. The predicted molar refractivity (Wildman–Crippen MR) is 227 cm³/mol. The van der Waals surface area contributed by atoms with E-state index in [2.05, 4.69) is 25.7 Å². The second kappa shape index (κ2) is 19.9. The van der Waals surface area contributed by atoms with Crippen LogP contribution in [0.3, 0.4) is 0 Å². The van der Waals surface area contributed by atoms with Crippen molar-refractivity contribution in [2.24, 2.45) is 5.92 Å². The number of benzene rings is 1. The fourth-order valence-corrected chi connectivity index (χ4v) is 9.68. The van der Waals surface area contributed by atoms with Gasteiger partial charge in [-0.1, -0.05) is 37.1 Å². The molecule has 4 aliphatic rings. The van der Waals surface area contributed by atoms with E-state index < -0.39 is 86.3 Å². The minimum Gasteiger partial charge on any atom is -0.494 e. The van der Waals surface area contributed by atoms with Gasteiger partial charge in [0, 0.05) is 23.4 Å². The number of hydrogen-bond donors (Lipinski definition) is 5. The molecule has 5 amide bonds. The molecular formula is C42H56N6O12S2. The van der Waals surface area contributed by atoms with Gasteiger partial charge in [-0.2, -0.15) is 0 Å². The van der Waals surface area contributed by atoms with Crippen molar-refractivity contribution >= 4 is 57.2 Å².